The monoisotopic (exact) mass is 209 g/mol. The van der Waals surface area contributed by atoms with Crippen molar-refractivity contribution in [1.82, 2.24) is 20.3 Å². The average Bonchev–Trinajstić information content (AvgIpc) is 2.76. The van der Waals surface area contributed by atoms with Crippen molar-refractivity contribution in [1.29, 1.82) is 0 Å². The van der Waals surface area contributed by atoms with Crippen LogP contribution < -0.4 is 5.32 Å². The Balaban J connectivity index is 1.80. The van der Waals surface area contributed by atoms with Crippen LogP contribution in [0, 0.1) is 13.8 Å². The quantitative estimate of drug-likeness (QED) is 0.793. The summed E-state index contributed by atoms with van der Waals surface area (Å²) in [6.07, 6.45) is 0.652. The molecule has 15 heavy (non-hydrogen) atoms. The van der Waals surface area contributed by atoms with Crippen LogP contribution in [0.1, 0.15) is 17.5 Å². The zero-order valence-electron chi connectivity index (χ0n) is 8.52. The number of nitrogens with one attached hydrogen (secondary N) is 1. The molecule has 0 aliphatic heterocycles. The standard InChI is InChI=1S/C8H11N5O2/c1-5-10-8(15-12-5)9-4-3-7-11-6(2)14-13-7/h3-4H2,1-2H3,(H,9,10,12). The summed E-state index contributed by atoms with van der Waals surface area (Å²) in [5.41, 5.74) is 0. The van der Waals surface area contributed by atoms with E-state index < -0.39 is 0 Å². The lowest BCUT2D eigenvalue weighted by molar-refractivity contribution is 0.387. The number of anilines is 1. The number of hydrogen-bond acceptors (Lipinski definition) is 7. The van der Waals surface area contributed by atoms with E-state index in [2.05, 4.69) is 25.6 Å². The molecule has 0 bridgehead atoms. The Labute approximate surface area is 85.9 Å². The Morgan fingerprint density at radius 1 is 1.13 bits per heavy atom. The molecule has 0 saturated carbocycles. The van der Waals surface area contributed by atoms with Gasteiger partial charge in [-0.05, 0) is 6.92 Å². The maximum absolute atomic E-state index is 4.87. The fraction of sp³-hybridized carbons (Fsp3) is 0.500. The molecule has 2 aromatic rings. The molecule has 0 aliphatic rings. The van der Waals surface area contributed by atoms with Gasteiger partial charge in [-0.1, -0.05) is 10.3 Å². The summed E-state index contributed by atoms with van der Waals surface area (Å²) in [6, 6.07) is 0.410. The molecule has 2 heterocycles. The third-order valence-corrected chi connectivity index (χ3v) is 1.72. The van der Waals surface area contributed by atoms with Crippen molar-refractivity contribution in [2.75, 3.05) is 11.9 Å². The molecule has 1 N–H and O–H groups in total. The molecule has 0 radical (unpaired) electrons. The first-order valence-corrected chi connectivity index (χ1v) is 4.57. The highest BCUT2D eigenvalue weighted by molar-refractivity contribution is 5.17. The third kappa shape index (κ3) is 2.52. The van der Waals surface area contributed by atoms with E-state index in [1.54, 1.807) is 13.8 Å². The van der Waals surface area contributed by atoms with Gasteiger partial charge < -0.3 is 14.4 Å². The summed E-state index contributed by atoms with van der Waals surface area (Å²) in [6.45, 7) is 4.14. The molecule has 0 fully saturated rings. The molecule has 2 aromatic heterocycles. The van der Waals surface area contributed by atoms with Crippen molar-refractivity contribution in [2.24, 2.45) is 0 Å². The van der Waals surface area contributed by atoms with E-state index in [0.717, 1.165) is 0 Å². The minimum Gasteiger partial charge on any atom is -0.340 e. The van der Waals surface area contributed by atoms with Gasteiger partial charge in [-0.15, -0.1) is 0 Å². The van der Waals surface area contributed by atoms with Gasteiger partial charge in [-0.2, -0.15) is 9.97 Å². The predicted octanol–water partition coefficient (Wildman–Crippen LogP) is 0.724. The summed E-state index contributed by atoms with van der Waals surface area (Å²) in [5.74, 6) is 1.84. The van der Waals surface area contributed by atoms with Crippen LogP contribution in [0.15, 0.2) is 9.05 Å². The van der Waals surface area contributed by atoms with Crippen LogP contribution in [0.5, 0.6) is 0 Å². The van der Waals surface area contributed by atoms with Crippen molar-refractivity contribution < 1.29 is 9.05 Å². The zero-order chi connectivity index (χ0) is 10.7. The van der Waals surface area contributed by atoms with E-state index in [-0.39, 0.29) is 0 Å². The van der Waals surface area contributed by atoms with Gasteiger partial charge in [0.05, 0.1) is 0 Å². The summed E-state index contributed by atoms with van der Waals surface area (Å²) < 4.78 is 9.70. The molecule has 0 atom stereocenters. The molecule has 0 spiro atoms. The van der Waals surface area contributed by atoms with Gasteiger partial charge in [-0.25, -0.2) is 0 Å². The summed E-state index contributed by atoms with van der Waals surface area (Å²) in [5, 5.41) is 10.4. The van der Waals surface area contributed by atoms with E-state index in [4.69, 9.17) is 9.05 Å². The van der Waals surface area contributed by atoms with Gasteiger partial charge in [0.25, 0.3) is 0 Å². The van der Waals surface area contributed by atoms with Crippen LogP contribution in [0.25, 0.3) is 0 Å². The molecule has 0 unspecified atom stereocenters. The van der Waals surface area contributed by atoms with Gasteiger partial charge in [0.1, 0.15) is 0 Å². The molecule has 7 heteroatoms. The Hall–Kier alpha value is -1.92. The van der Waals surface area contributed by atoms with Crippen LogP contribution in [0.4, 0.5) is 6.01 Å². The number of hydrogen-bond donors (Lipinski definition) is 1. The van der Waals surface area contributed by atoms with Crippen LogP contribution in [0.2, 0.25) is 0 Å². The molecule has 0 saturated heterocycles. The topological polar surface area (TPSA) is 89.9 Å². The fourth-order valence-electron chi connectivity index (χ4n) is 1.09. The summed E-state index contributed by atoms with van der Waals surface area (Å²) >= 11 is 0. The molecule has 80 valence electrons. The largest absolute Gasteiger partial charge is 0.340 e. The number of rotatable bonds is 4. The lowest BCUT2D eigenvalue weighted by atomic mass is 10.4. The Morgan fingerprint density at radius 3 is 2.60 bits per heavy atom. The summed E-state index contributed by atoms with van der Waals surface area (Å²) in [7, 11) is 0. The van der Waals surface area contributed by atoms with E-state index in [1.165, 1.54) is 0 Å². The Kier molecular flexibility index (Phi) is 2.61. The Morgan fingerprint density at radius 2 is 2.00 bits per heavy atom. The lowest BCUT2D eigenvalue weighted by Gasteiger charge is -1.95. The van der Waals surface area contributed by atoms with Gasteiger partial charge in [0.15, 0.2) is 11.6 Å². The van der Waals surface area contributed by atoms with Gasteiger partial charge >= 0.3 is 6.01 Å². The van der Waals surface area contributed by atoms with Crippen LogP contribution in [-0.4, -0.2) is 26.8 Å². The highest BCUT2D eigenvalue weighted by atomic mass is 16.5. The van der Waals surface area contributed by atoms with Crippen LogP contribution in [0.3, 0.4) is 0 Å². The maximum atomic E-state index is 4.87. The Bertz CT molecular complexity index is 395. The minimum absolute atomic E-state index is 0.410. The van der Waals surface area contributed by atoms with Crippen molar-refractivity contribution in [3.05, 3.63) is 17.5 Å². The first-order chi connectivity index (χ1) is 7.24. The van der Waals surface area contributed by atoms with Gasteiger partial charge in [0.2, 0.25) is 5.89 Å². The maximum Gasteiger partial charge on any atom is 0.321 e. The second-order valence-electron chi connectivity index (χ2n) is 3.05. The number of aromatic nitrogens is 4. The molecular formula is C8H11N5O2. The normalized spacial score (nSPS) is 10.5. The third-order valence-electron chi connectivity index (χ3n) is 1.72. The smallest absolute Gasteiger partial charge is 0.321 e. The van der Waals surface area contributed by atoms with Crippen molar-refractivity contribution in [3.8, 4) is 0 Å². The number of aryl methyl sites for hydroxylation is 2. The lowest BCUT2D eigenvalue weighted by Crippen LogP contribution is -2.06. The SMILES string of the molecule is Cc1noc(NCCc2noc(C)n2)n1. The second kappa shape index (κ2) is 4.07. The van der Waals surface area contributed by atoms with E-state index in [9.17, 15) is 0 Å². The van der Waals surface area contributed by atoms with Crippen LogP contribution >= 0.6 is 0 Å². The molecule has 0 aliphatic carbocycles. The molecule has 0 aromatic carbocycles. The molecule has 7 nitrogen and oxygen atoms in total. The van der Waals surface area contributed by atoms with E-state index in [0.29, 0.717) is 36.5 Å². The van der Waals surface area contributed by atoms with E-state index >= 15 is 0 Å². The highest BCUT2D eigenvalue weighted by Crippen LogP contribution is 2.02. The minimum atomic E-state index is 0.410. The second-order valence-corrected chi connectivity index (χ2v) is 3.05. The molecule has 2 rings (SSSR count). The molecule has 0 amide bonds. The van der Waals surface area contributed by atoms with Gasteiger partial charge in [-0.3, -0.25) is 0 Å². The van der Waals surface area contributed by atoms with Crippen molar-refractivity contribution in [2.45, 2.75) is 20.3 Å². The van der Waals surface area contributed by atoms with Gasteiger partial charge in [0, 0.05) is 19.9 Å². The molecular weight excluding hydrogens is 198 g/mol. The summed E-state index contributed by atoms with van der Waals surface area (Å²) in [4.78, 5) is 8.06. The van der Waals surface area contributed by atoms with Crippen molar-refractivity contribution in [3.63, 3.8) is 0 Å². The first-order valence-electron chi connectivity index (χ1n) is 4.57. The predicted molar refractivity (Wildman–Crippen MR) is 50.3 cm³/mol. The van der Waals surface area contributed by atoms with E-state index in [1.807, 2.05) is 0 Å². The van der Waals surface area contributed by atoms with Crippen LogP contribution in [-0.2, 0) is 6.42 Å². The highest BCUT2D eigenvalue weighted by Gasteiger charge is 2.04. The van der Waals surface area contributed by atoms with Crippen molar-refractivity contribution >= 4 is 6.01 Å². The zero-order valence-corrected chi connectivity index (χ0v) is 8.52. The number of nitrogens with zero attached hydrogens (tertiary/aromatic N) is 4. The first kappa shape index (κ1) is 9.63. The fourth-order valence-corrected chi connectivity index (χ4v) is 1.09. The average molecular weight is 209 g/mol.